The summed E-state index contributed by atoms with van der Waals surface area (Å²) in [5.74, 6) is -0.120. The smallest absolute Gasteiger partial charge is 0.355 e. The van der Waals surface area contributed by atoms with Gasteiger partial charge in [-0.3, -0.25) is 4.79 Å². The Morgan fingerprint density at radius 1 is 1.25 bits per heavy atom. The van der Waals surface area contributed by atoms with E-state index in [1.54, 1.807) is 6.92 Å². The summed E-state index contributed by atoms with van der Waals surface area (Å²) < 4.78 is 37.3. The molecule has 20 heavy (non-hydrogen) atoms. The normalized spacial score (nSPS) is 13.1. The van der Waals surface area contributed by atoms with Crippen LogP contribution in [0, 0.1) is 0 Å². The van der Waals surface area contributed by atoms with Crippen molar-refractivity contribution in [3.8, 4) is 0 Å². The number of carbonyl (C=O) groups excluding carboxylic acids is 1. The molecule has 1 rings (SSSR count). The minimum Gasteiger partial charge on any atom is -0.355 e. The molecule has 1 unspecified atom stereocenters. The van der Waals surface area contributed by atoms with E-state index in [2.05, 4.69) is 10.6 Å². The lowest BCUT2D eigenvalue weighted by atomic mass is 10.1. The molecule has 0 radical (unpaired) electrons. The largest absolute Gasteiger partial charge is 0.416 e. The van der Waals surface area contributed by atoms with Gasteiger partial charge in [-0.25, -0.2) is 0 Å². The Morgan fingerprint density at radius 3 is 2.35 bits per heavy atom. The molecule has 0 saturated carbocycles. The summed E-state index contributed by atoms with van der Waals surface area (Å²) in [4.78, 5) is 11.4. The number of hydrogen-bond donors (Lipinski definition) is 2. The molecule has 0 saturated heterocycles. The van der Waals surface area contributed by atoms with Crippen molar-refractivity contribution < 1.29 is 18.0 Å². The summed E-state index contributed by atoms with van der Waals surface area (Å²) in [6.45, 7) is 4.52. The zero-order chi connectivity index (χ0) is 15.2. The lowest BCUT2D eigenvalue weighted by Crippen LogP contribution is -2.35. The first-order chi connectivity index (χ1) is 9.34. The van der Waals surface area contributed by atoms with Crippen LogP contribution in [-0.2, 0) is 11.0 Å². The molecule has 0 aliphatic carbocycles. The molecule has 1 atom stereocenters. The predicted molar refractivity (Wildman–Crippen MR) is 71.2 cm³/mol. The van der Waals surface area contributed by atoms with Gasteiger partial charge in [0.05, 0.1) is 12.1 Å². The highest BCUT2D eigenvalue weighted by atomic mass is 19.4. The molecule has 2 N–H and O–H groups in total. The molecule has 3 nitrogen and oxygen atoms in total. The van der Waals surface area contributed by atoms with Gasteiger partial charge >= 0.3 is 6.18 Å². The van der Waals surface area contributed by atoms with E-state index in [-0.39, 0.29) is 18.5 Å². The van der Waals surface area contributed by atoms with Gasteiger partial charge in [-0.2, -0.15) is 13.2 Å². The van der Waals surface area contributed by atoms with Gasteiger partial charge in [-0.1, -0.05) is 19.1 Å². The van der Waals surface area contributed by atoms with Crippen LogP contribution in [-0.4, -0.2) is 19.0 Å². The summed E-state index contributed by atoms with van der Waals surface area (Å²) >= 11 is 0. The minimum atomic E-state index is -4.32. The Bertz CT molecular complexity index is 429. The number of rotatable bonds is 6. The molecule has 1 amide bonds. The SMILES string of the molecule is CCCNC(=O)CNC(C)c1ccc(C(F)(F)F)cc1. The molecule has 0 heterocycles. The van der Waals surface area contributed by atoms with Crippen LogP contribution in [0.25, 0.3) is 0 Å². The molecule has 0 fully saturated rings. The summed E-state index contributed by atoms with van der Waals surface area (Å²) in [5, 5.41) is 5.69. The van der Waals surface area contributed by atoms with Crippen molar-refractivity contribution in [2.75, 3.05) is 13.1 Å². The van der Waals surface area contributed by atoms with E-state index in [0.717, 1.165) is 18.6 Å². The Morgan fingerprint density at radius 2 is 1.85 bits per heavy atom. The molecule has 0 aliphatic rings. The molecule has 1 aromatic rings. The van der Waals surface area contributed by atoms with Crippen LogP contribution in [0.2, 0.25) is 0 Å². The van der Waals surface area contributed by atoms with Gasteiger partial charge in [0.15, 0.2) is 0 Å². The predicted octanol–water partition coefficient (Wildman–Crippen LogP) is 2.88. The Hall–Kier alpha value is -1.56. The number of amides is 1. The molecular formula is C14H19F3N2O. The van der Waals surface area contributed by atoms with E-state index >= 15 is 0 Å². The minimum absolute atomic E-state index is 0.120. The van der Waals surface area contributed by atoms with Gasteiger partial charge in [0, 0.05) is 12.6 Å². The van der Waals surface area contributed by atoms with Crippen LogP contribution in [0.3, 0.4) is 0 Å². The fourth-order valence-electron chi connectivity index (χ4n) is 1.65. The lowest BCUT2D eigenvalue weighted by molar-refractivity contribution is -0.137. The third-order valence-electron chi connectivity index (χ3n) is 2.88. The number of halogens is 3. The van der Waals surface area contributed by atoms with Crippen LogP contribution in [0.1, 0.15) is 37.4 Å². The summed E-state index contributed by atoms with van der Waals surface area (Å²) in [6.07, 6.45) is -3.46. The molecule has 0 aromatic heterocycles. The molecule has 0 bridgehead atoms. The molecule has 6 heteroatoms. The van der Waals surface area contributed by atoms with Crippen LogP contribution in [0.5, 0.6) is 0 Å². The average molecular weight is 288 g/mol. The van der Waals surface area contributed by atoms with Gasteiger partial charge in [0.2, 0.25) is 5.91 Å². The molecular weight excluding hydrogens is 269 g/mol. The highest BCUT2D eigenvalue weighted by Crippen LogP contribution is 2.29. The summed E-state index contributed by atoms with van der Waals surface area (Å²) in [6, 6.07) is 4.74. The van der Waals surface area contributed by atoms with Crippen molar-refractivity contribution in [3.05, 3.63) is 35.4 Å². The highest BCUT2D eigenvalue weighted by Gasteiger charge is 2.30. The standard InChI is InChI=1S/C14H19F3N2O/c1-3-8-18-13(20)9-19-10(2)11-4-6-12(7-5-11)14(15,16)17/h4-7,10,19H,3,8-9H2,1-2H3,(H,18,20). The number of carbonyl (C=O) groups is 1. The highest BCUT2D eigenvalue weighted by molar-refractivity contribution is 5.77. The molecule has 0 spiro atoms. The van der Waals surface area contributed by atoms with Gasteiger partial charge in [-0.05, 0) is 31.0 Å². The molecule has 112 valence electrons. The van der Waals surface area contributed by atoms with Gasteiger partial charge < -0.3 is 10.6 Å². The van der Waals surface area contributed by atoms with Crippen molar-refractivity contribution >= 4 is 5.91 Å². The van der Waals surface area contributed by atoms with Crippen LogP contribution >= 0.6 is 0 Å². The van der Waals surface area contributed by atoms with Crippen molar-refractivity contribution in [1.29, 1.82) is 0 Å². The van der Waals surface area contributed by atoms with E-state index < -0.39 is 11.7 Å². The van der Waals surface area contributed by atoms with Crippen LogP contribution in [0.4, 0.5) is 13.2 Å². The second-order valence-electron chi connectivity index (χ2n) is 4.57. The maximum Gasteiger partial charge on any atom is 0.416 e. The number of nitrogens with one attached hydrogen (secondary N) is 2. The number of alkyl halides is 3. The Labute approximate surface area is 116 Å². The van der Waals surface area contributed by atoms with Gasteiger partial charge in [0.25, 0.3) is 0 Å². The first kappa shape index (κ1) is 16.5. The zero-order valence-electron chi connectivity index (χ0n) is 11.6. The fourth-order valence-corrected chi connectivity index (χ4v) is 1.65. The second kappa shape index (κ2) is 7.28. The molecule has 1 aromatic carbocycles. The third-order valence-corrected chi connectivity index (χ3v) is 2.88. The van der Waals surface area contributed by atoms with Crippen molar-refractivity contribution in [1.82, 2.24) is 10.6 Å². The van der Waals surface area contributed by atoms with E-state index in [0.29, 0.717) is 12.1 Å². The number of hydrogen-bond acceptors (Lipinski definition) is 2. The van der Waals surface area contributed by atoms with E-state index in [4.69, 9.17) is 0 Å². The number of benzene rings is 1. The average Bonchev–Trinajstić information content (AvgIpc) is 2.41. The van der Waals surface area contributed by atoms with Crippen LogP contribution < -0.4 is 10.6 Å². The monoisotopic (exact) mass is 288 g/mol. The van der Waals surface area contributed by atoms with E-state index in [1.165, 1.54) is 12.1 Å². The van der Waals surface area contributed by atoms with E-state index in [9.17, 15) is 18.0 Å². The topological polar surface area (TPSA) is 41.1 Å². The van der Waals surface area contributed by atoms with Gasteiger partial charge in [-0.15, -0.1) is 0 Å². The fraction of sp³-hybridized carbons (Fsp3) is 0.500. The van der Waals surface area contributed by atoms with Gasteiger partial charge in [0.1, 0.15) is 0 Å². The van der Waals surface area contributed by atoms with Crippen molar-refractivity contribution in [2.45, 2.75) is 32.5 Å². The first-order valence-electron chi connectivity index (χ1n) is 6.51. The summed E-state index contributed by atoms with van der Waals surface area (Å²) in [7, 11) is 0. The van der Waals surface area contributed by atoms with Crippen molar-refractivity contribution in [3.63, 3.8) is 0 Å². The van der Waals surface area contributed by atoms with E-state index in [1.807, 2.05) is 6.92 Å². The quantitative estimate of drug-likeness (QED) is 0.845. The second-order valence-corrected chi connectivity index (χ2v) is 4.57. The third kappa shape index (κ3) is 5.21. The summed E-state index contributed by atoms with van der Waals surface area (Å²) in [5.41, 5.74) is 0.0374. The van der Waals surface area contributed by atoms with Crippen molar-refractivity contribution in [2.24, 2.45) is 0 Å². The maximum atomic E-state index is 12.4. The zero-order valence-corrected chi connectivity index (χ0v) is 11.6. The first-order valence-corrected chi connectivity index (χ1v) is 6.51. The Balaban J connectivity index is 2.51. The van der Waals surface area contributed by atoms with Crippen LogP contribution in [0.15, 0.2) is 24.3 Å². The molecule has 0 aliphatic heterocycles. The Kier molecular flexibility index (Phi) is 6.01. The lowest BCUT2D eigenvalue weighted by Gasteiger charge is -2.15. The maximum absolute atomic E-state index is 12.4.